The molecule has 35 heavy (non-hydrogen) atoms. The second-order valence-corrected chi connectivity index (χ2v) is 8.82. The first-order chi connectivity index (χ1) is 17.2. The average molecular weight is 489 g/mol. The number of aryl methyl sites for hydroxylation is 1. The van der Waals surface area contributed by atoms with Crippen LogP contribution in [0.4, 0.5) is 0 Å². The Kier molecular flexibility index (Phi) is 5.45. The highest BCUT2D eigenvalue weighted by molar-refractivity contribution is 7.98. The van der Waals surface area contributed by atoms with Crippen LogP contribution in [0.1, 0.15) is 23.6 Å². The van der Waals surface area contributed by atoms with Gasteiger partial charge in [0.15, 0.2) is 28.6 Å². The van der Waals surface area contributed by atoms with E-state index < -0.39 is 0 Å². The number of nitrogens with zero attached hydrogens (tertiary/aromatic N) is 6. The van der Waals surface area contributed by atoms with Gasteiger partial charge in [0.25, 0.3) is 5.89 Å². The van der Waals surface area contributed by atoms with E-state index in [0.717, 1.165) is 11.3 Å². The van der Waals surface area contributed by atoms with E-state index >= 15 is 0 Å². The zero-order valence-electron chi connectivity index (χ0n) is 18.9. The molecule has 1 aliphatic rings. The van der Waals surface area contributed by atoms with Gasteiger partial charge in [0.1, 0.15) is 23.6 Å². The van der Waals surface area contributed by atoms with Crippen LogP contribution in [-0.2, 0) is 12.8 Å². The lowest BCUT2D eigenvalue weighted by Crippen LogP contribution is -2.24. The average Bonchev–Trinajstić information content (AvgIpc) is 3.61. The Morgan fingerprint density at radius 3 is 2.63 bits per heavy atom. The normalized spacial score (nSPS) is 14.9. The molecule has 1 atom stereocenters. The molecule has 0 N–H and O–H groups in total. The molecule has 11 heteroatoms. The summed E-state index contributed by atoms with van der Waals surface area (Å²) in [4.78, 5) is 0. The minimum Gasteiger partial charge on any atom is -0.485 e. The summed E-state index contributed by atoms with van der Waals surface area (Å²) in [6, 6.07) is 17.3. The Balaban J connectivity index is 1.17. The fraction of sp³-hybridized carbons (Fsp3) is 0.208. The number of thioether (sulfide) groups is 1. The van der Waals surface area contributed by atoms with Crippen LogP contribution >= 0.6 is 11.8 Å². The van der Waals surface area contributed by atoms with Crippen LogP contribution in [0.2, 0.25) is 0 Å². The van der Waals surface area contributed by atoms with Crippen molar-refractivity contribution < 1.29 is 18.4 Å². The van der Waals surface area contributed by atoms with Crippen LogP contribution < -0.4 is 9.47 Å². The van der Waals surface area contributed by atoms with Gasteiger partial charge in [-0.05, 0) is 19.1 Å². The molecule has 6 rings (SSSR count). The second-order valence-electron chi connectivity index (χ2n) is 7.88. The molecule has 3 aromatic heterocycles. The summed E-state index contributed by atoms with van der Waals surface area (Å²) in [7, 11) is 1.90. The van der Waals surface area contributed by atoms with Crippen molar-refractivity contribution in [1.29, 1.82) is 0 Å². The number of rotatable bonds is 6. The highest BCUT2D eigenvalue weighted by Crippen LogP contribution is 2.37. The van der Waals surface area contributed by atoms with Gasteiger partial charge in [-0.25, -0.2) is 0 Å². The number of benzene rings is 2. The van der Waals surface area contributed by atoms with Crippen molar-refractivity contribution in [3.05, 3.63) is 72.1 Å². The zero-order chi connectivity index (χ0) is 23.8. The molecule has 0 amide bonds. The van der Waals surface area contributed by atoms with Crippen LogP contribution in [0.15, 0.2) is 68.7 Å². The summed E-state index contributed by atoms with van der Waals surface area (Å²) in [6.07, 6.45) is -0.347. The Hall–Kier alpha value is -4.12. The maximum absolute atomic E-state index is 6.07. The van der Waals surface area contributed by atoms with Crippen molar-refractivity contribution in [2.45, 2.75) is 23.9 Å². The molecule has 0 aliphatic carbocycles. The third-order valence-corrected chi connectivity index (χ3v) is 6.59. The third kappa shape index (κ3) is 4.03. The number of para-hydroxylation sites is 2. The Labute approximate surface area is 204 Å². The number of ether oxygens (including phenoxy) is 2. The third-order valence-electron chi connectivity index (χ3n) is 5.58. The maximum atomic E-state index is 6.07. The number of hydrogen-bond donors (Lipinski definition) is 0. The van der Waals surface area contributed by atoms with E-state index in [2.05, 4.69) is 25.6 Å². The smallest absolute Gasteiger partial charge is 0.253 e. The highest BCUT2D eigenvalue weighted by atomic mass is 32.2. The zero-order valence-corrected chi connectivity index (χ0v) is 19.7. The van der Waals surface area contributed by atoms with Crippen molar-refractivity contribution in [1.82, 2.24) is 30.1 Å². The van der Waals surface area contributed by atoms with E-state index in [4.69, 9.17) is 18.4 Å². The molecule has 0 fully saturated rings. The molecule has 0 bridgehead atoms. The first-order valence-corrected chi connectivity index (χ1v) is 11.9. The molecular formula is C24H20N6O4S. The van der Waals surface area contributed by atoms with Gasteiger partial charge in [-0.1, -0.05) is 59.4 Å². The summed E-state index contributed by atoms with van der Waals surface area (Å²) in [5.41, 5.74) is 2.27. The second kappa shape index (κ2) is 8.91. The molecule has 4 heterocycles. The van der Waals surface area contributed by atoms with Gasteiger partial charge in [0.05, 0.1) is 5.75 Å². The Morgan fingerprint density at radius 2 is 1.77 bits per heavy atom. The van der Waals surface area contributed by atoms with Gasteiger partial charge in [0, 0.05) is 12.6 Å². The predicted octanol–water partition coefficient (Wildman–Crippen LogP) is 4.63. The molecule has 2 aromatic carbocycles. The summed E-state index contributed by atoms with van der Waals surface area (Å²) < 4.78 is 25.1. The number of hydrogen-bond acceptors (Lipinski definition) is 10. The monoisotopic (exact) mass is 488 g/mol. The van der Waals surface area contributed by atoms with Crippen LogP contribution in [-0.4, -0.2) is 36.7 Å². The van der Waals surface area contributed by atoms with Crippen LogP contribution in [0.5, 0.6) is 11.5 Å². The molecule has 1 aliphatic heterocycles. The molecule has 0 saturated heterocycles. The van der Waals surface area contributed by atoms with Gasteiger partial charge in [0.2, 0.25) is 5.89 Å². The number of aromatic nitrogens is 6. The highest BCUT2D eigenvalue weighted by Gasteiger charge is 2.28. The van der Waals surface area contributed by atoms with Crippen molar-refractivity contribution in [3.63, 3.8) is 0 Å². The first-order valence-electron chi connectivity index (χ1n) is 10.9. The standard InChI is InChI=1S/C24H20N6O4S/c1-14-20(21(29-34-14)15-8-4-3-5-9-15)23-27-25-19(33-23)13-35-24-28-26-22(30(24)2)18-12-31-16-10-6-7-11-17(16)32-18/h3-11,18H,12-13H2,1-2H3. The quantitative estimate of drug-likeness (QED) is 0.313. The molecule has 0 spiro atoms. The summed E-state index contributed by atoms with van der Waals surface area (Å²) in [6.45, 7) is 2.19. The molecule has 5 aromatic rings. The van der Waals surface area contributed by atoms with Crippen LogP contribution in [0.25, 0.3) is 22.7 Å². The van der Waals surface area contributed by atoms with Crippen LogP contribution in [0.3, 0.4) is 0 Å². The molecule has 176 valence electrons. The lowest BCUT2D eigenvalue weighted by molar-refractivity contribution is 0.0825. The molecule has 1 unspecified atom stereocenters. The van der Waals surface area contributed by atoms with E-state index in [9.17, 15) is 0 Å². The van der Waals surface area contributed by atoms with Gasteiger partial charge < -0.3 is 23.0 Å². The van der Waals surface area contributed by atoms with E-state index in [1.807, 2.05) is 73.1 Å². The van der Waals surface area contributed by atoms with E-state index in [0.29, 0.717) is 57.9 Å². The van der Waals surface area contributed by atoms with Crippen molar-refractivity contribution >= 4 is 11.8 Å². The Morgan fingerprint density at radius 1 is 0.971 bits per heavy atom. The van der Waals surface area contributed by atoms with Crippen molar-refractivity contribution in [3.8, 4) is 34.2 Å². The van der Waals surface area contributed by atoms with E-state index in [1.54, 1.807) is 0 Å². The van der Waals surface area contributed by atoms with Gasteiger partial charge >= 0.3 is 0 Å². The van der Waals surface area contributed by atoms with E-state index in [1.165, 1.54) is 11.8 Å². The molecular weight excluding hydrogens is 468 g/mol. The SMILES string of the molecule is Cc1onc(-c2ccccc2)c1-c1nnc(CSc2nnc(C3COc4ccccc4O3)n2C)o1. The number of fused-ring (bicyclic) bond motifs is 1. The van der Waals surface area contributed by atoms with Gasteiger partial charge in [-0.3, -0.25) is 0 Å². The maximum Gasteiger partial charge on any atom is 0.253 e. The fourth-order valence-electron chi connectivity index (χ4n) is 3.84. The lowest BCUT2D eigenvalue weighted by atomic mass is 10.1. The van der Waals surface area contributed by atoms with Crippen molar-refractivity contribution in [2.75, 3.05) is 6.61 Å². The summed E-state index contributed by atoms with van der Waals surface area (Å²) in [5, 5.41) is 22.0. The molecule has 0 radical (unpaired) electrons. The lowest BCUT2D eigenvalue weighted by Gasteiger charge is -2.25. The largest absolute Gasteiger partial charge is 0.485 e. The summed E-state index contributed by atoms with van der Waals surface area (Å²) in [5.74, 6) is 3.96. The van der Waals surface area contributed by atoms with Crippen molar-refractivity contribution in [2.24, 2.45) is 7.05 Å². The fourth-order valence-corrected chi connectivity index (χ4v) is 4.59. The first kappa shape index (κ1) is 21.4. The molecule has 0 saturated carbocycles. The topological polar surface area (TPSA) is 114 Å². The van der Waals surface area contributed by atoms with Gasteiger partial charge in [-0.2, -0.15) is 0 Å². The van der Waals surface area contributed by atoms with E-state index in [-0.39, 0.29) is 6.10 Å². The van der Waals surface area contributed by atoms with Crippen LogP contribution in [0, 0.1) is 6.92 Å². The predicted molar refractivity (Wildman–Crippen MR) is 126 cm³/mol. The Bertz CT molecular complexity index is 1480. The van der Waals surface area contributed by atoms with Gasteiger partial charge in [-0.15, -0.1) is 20.4 Å². The minimum atomic E-state index is -0.347. The minimum absolute atomic E-state index is 0.347. The molecule has 10 nitrogen and oxygen atoms in total. The summed E-state index contributed by atoms with van der Waals surface area (Å²) >= 11 is 1.44.